The molecule has 0 spiro atoms. The Morgan fingerprint density at radius 2 is 2.45 bits per heavy atom. The van der Waals surface area contributed by atoms with Gasteiger partial charge in [0.25, 0.3) is 0 Å². The predicted octanol–water partition coefficient (Wildman–Crippen LogP) is 1.67. The quantitative estimate of drug-likeness (QED) is 0.469. The molecule has 5 heteroatoms. The van der Waals surface area contributed by atoms with Crippen molar-refractivity contribution in [3.8, 4) is 0 Å². The molecule has 0 N–H and O–H groups in total. The molecule has 0 saturated heterocycles. The minimum absolute atomic E-state index is 1.38. The SMILES string of the molecule is [2H]C([2H])=C(C(=O)OCC(F)(F)F)C([2H])([2H])[2H]. The first-order valence-corrected chi connectivity index (χ1v) is 2.37. The van der Waals surface area contributed by atoms with Crippen molar-refractivity contribution in [3.63, 3.8) is 0 Å². The molecule has 0 rings (SSSR count). The fraction of sp³-hybridized carbons (Fsp3) is 0.500. The van der Waals surface area contributed by atoms with Crippen molar-refractivity contribution in [1.82, 2.24) is 0 Å². The summed E-state index contributed by atoms with van der Waals surface area (Å²) in [7, 11) is 0. The van der Waals surface area contributed by atoms with Crippen LogP contribution in [-0.2, 0) is 9.53 Å². The number of hydrogen-bond acceptors (Lipinski definition) is 2. The highest BCUT2D eigenvalue weighted by atomic mass is 19.4. The molecule has 0 radical (unpaired) electrons. The van der Waals surface area contributed by atoms with Gasteiger partial charge in [0.05, 0.1) is 2.74 Å². The molecule has 0 atom stereocenters. The Morgan fingerprint density at radius 1 is 1.82 bits per heavy atom. The number of alkyl halides is 3. The lowest BCUT2D eigenvalue weighted by Crippen LogP contribution is -2.20. The molecule has 0 amide bonds. The number of rotatable bonds is 2. The Labute approximate surface area is 68.7 Å². The molecule has 0 aliphatic heterocycles. The van der Waals surface area contributed by atoms with Crippen molar-refractivity contribution in [3.05, 3.63) is 12.1 Å². The predicted molar refractivity (Wildman–Crippen MR) is 31.8 cm³/mol. The summed E-state index contributed by atoms with van der Waals surface area (Å²) in [6.07, 6.45) is -4.79. The van der Waals surface area contributed by atoms with Crippen LogP contribution in [0.4, 0.5) is 13.2 Å². The summed E-state index contributed by atoms with van der Waals surface area (Å²) in [5.74, 6) is -1.84. The normalized spacial score (nSPS) is 18.3. The lowest BCUT2D eigenvalue weighted by atomic mass is 10.4. The Bertz CT molecular complexity index is 302. The van der Waals surface area contributed by atoms with Crippen molar-refractivity contribution in [2.75, 3.05) is 6.61 Å². The second kappa shape index (κ2) is 3.41. The second-order valence-corrected chi connectivity index (χ2v) is 1.57. The topological polar surface area (TPSA) is 26.3 Å². The molecule has 0 saturated carbocycles. The summed E-state index contributed by atoms with van der Waals surface area (Å²) in [4.78, 5) is 10.9. The van der Waals surface area contributed by atoms with Crippen molar-refractivity contribution < 1.29 is 29.6 Å². The zero-order valence-corrected chi connectivity index (χ0v) is 5.16. The van der Waals surface area contributed by atoms with E-state index in [0.717, 1.165) is 0 Å². The summed E-state index contributed by atoms with van der Waals surface area (Å²) < 4.78 is 72.1. The van der Waals surface area contributed by atoms with Crippen LogP contribution >= 0.6 is 0 Å². The molecular formula is C6H7F3O2. The monoisotopic (exact) mass is 173 g/mol. The highest BCUT2D eigenvalue weighted by Gasteiger charge is 2.29. The van der Waals surface area contributed by atoms with E-state index >= 15 is 0 Å². The fourth-order valence-electron chi connectivity index (χ4n) is 0.220. The van der Waals surface area contributed by atoms with Gasteiger partial charge in [0, 0.05) is 9.69 Å². The number of ether oxygens (including phenoxy) is 1. The van der Waals surface area contributed by atoms with E-state index in [4.69, 9.17) is 6.85 Å². The van der Waals surface area contributed by atoms with E-state index in [9.17, 15) is 18.0 Å². The van der Waals surface area contributed by atoms with Crippen LogP contribution in [0.25, 0.3) is 0 Å². The van der Waals surface area contributed by atoms with Crippen molar-refractivity contribution in [2.24, 2.45) is 0 Å². The van der Waals surface area contributed by atoms with Crippen LogP contribution in [0, 0.1) is 0 Å². The Hall–Kier alpha value is -1.00. The molecule has 0 aromatic heterocycles. The van der Waals surface area contributed by atoms with Crippen LogP contribution in [0.15, 0.2) is 12.1 Å². The highest BCUT2D eigenvalue weighted by Crippen LogP contribution is 2.14. The van der Waals surface area contributed by atoms with Gasteiger partial charge in [0.2, 0.25) is 0 Å². The summed E-state index contributed by atoms with van der Waals surface area (Å²) in [5, 5.41) is 0. The molecule has 2 nitrogen and oxygen atoms in total. The van der Waals surface area contributed by atoms with E-state index in [2.05, 4.69) is 4.74 Å². The molecule has 0 bridgehead atoms. The van der Waals surface area contributed by atoms with Gasteiger partial charge in [-0.05, 0) is 6.85 Å². The Balaban J connectivity index is 4.77. The van der Waals surface area contributed by atoms with Gasteiger partial charge in [0.1, 0.15) is 0 Å². The van der Waals surface area contributed by atoms with Crippen molar-refractivity contribution in [2.45, 2.75) is 13.0 Å². The third-order valence-electron chi connectivity index (χ3n) is 0.571. The summed E-state index contributed by atoms with van der Waals surface area (Å²) >= 11 is 0. The maximum absolute atomic E-state index is 11.6. The zero-order valence-electron chi connectivity index (χ0n) is 10.2. The van der Waals surface area contributed by atoms with Crippen molar-refractivity contribution in [1.29, 1.82) is 0 Å². The van der Waals surface area contributed by atoms with Crippen LogP contribution in [-0.4, -0.2) is 18.8 Å². The molecule has 0 aromatic rings. The number of hydrogen-bond donors (Lipinski definition) is 0. The molecule has 0 aliphatic carbocycles. The van der Waals surface area contributed by atoms with Gasteiger partial charge >= 0.3 is 12.1 Å². The fourth-order valence-corrected chi connectivity index (χ4v) is 0.220. The lowest BCUT2D eigenvalue weighted by Gasteiger charge is -2.06. The van der Waals surface area contributed by atoms with Crippen LogP contribution in [0.2, 0.25) is 0 Å². The summed E-state index contributed by atoms with van der Waals surface area (Å²) in [5.41, 5.74) is -1.38. The number of carbonyl (C=O) groups excluding carboxylic acids is 1. The number of halogens is 3. The van der Waals surface area contributed by atoms with Gasteiger partial charge < -0.3 is 4.74 Å². The van der Waals surface area contributed by atoms with Gasteiger partial charge in [-0.15, -0.1) is 0 Å². The molecule has 0 heterocycles. The minimum Gasteiger partial charge on any atom is -0.453 e. The number of esters is 1. The van der Waals surface area contributed by atoms with Gasteiger partial charge in [-0.2, -0.15) is 13.2 Å². The molecule has 0 fully saturated rings. The first-order valence-electron chi connectivity index (χ1n) is 4.87. The zero-order chi connectivity index (χ0) is 13.1. The second-order valence-electron chi connectivity index (χ2n) is 1.57. The largest absolute Gasteiger partial charge is 0.453 e. The van der Waals surface area contributed by atoms with Crippen LogP contribution < -0.4 is 0 Å². The summed E-state index contributed by atoms with van der Waals surface area (Å²) in [6.45, 7) is -6.51. The van der Waals surface area contributed by atoms with Gasteiger partial charge in [-0.3, -0.25) is 0 Å². The van der Waals surface area contributed by atoms with E-state index in [1.54, 1.807) is 0 Å². The smallest absolute Gasteiger partial charge is 0.422 e. The van der Waals surface area contributed by atoms with Gasteiger partial charge in [-0.1, -0.05) is 6.53 Å². The minimum atomic E-state index is -4.79. The average Bonchev–Trinajstić information content (AvgIpc) is 1.95. The maximum Gasteiger partial charge on any atom is 0.422 e. The molecular weight excluding hydrogens is 161 g/mol. The Morgan fingerprint density at radius 3 is 2.82 bits per heavy atom. The Kier molecular flexibility index (Phi) is 1.28. The van der Waals surface area contributed by atoms with E-state index in [1.165, 1.54) is 0 Å². The third-order valence-corrected chi connectivity index (χ3v) is 0.571. The standard InChI is InChI=1S/C6H7F3O2/c1-4(2)5(10)11-3-6(7,8)9/h1,3H2,2H3/i1D2,2D3. The van der Waals surface area contributed by atoms with E-state index in [-0.39, 0.29) is 0 Å². The van der Waals surface area contributed by atoms with Gasteiger partial charge in [-0.25, -0.2) is 4.79 Å². The molecule has 0 aromatic carbocycles. The molecule has 0 aliphatic rings. The summed E-state index contributed by atoms with van der Waals surface area (Å²) in [6, 6.07) is 0. The van der Waals surface area contributed by atoms with Crippen molar-refractivity contribution >= 4 is 5.97 Å². The third kappa shape index (κ3) is 5.44. The molecule has 11 heavy (non-hydrogen) atoms. The van der Waals surface area contributed by atoms with Gasteiger partial charge in [0.15, 0.2) is 6.61 Å². The lowest BCUT2D eigenvalue weighted by molar-refractivity contribution is -0.183. The van der Waals surface area contributed by atoms with Crippen LogP contribution in [0.5, 0.6) is 0 Å². The molecule has 64 valence electrons. The maximum atomic E-state index is 11.6. The molecule has 0 unspecified atom stereocenters. The van der Waals surface area contributed by atoms with E-state index < -0.39 is 37.7 Å². The van der Waals surface area contributed by atoms with Crippen LogP contribution in [0.3, 0.4) is 0 Å². The van der Waals surface area contributed by atoms with E-state index in [1.807, 2.05) is 0 Å². The van der Waals surface area contributed by atoms with Crippen LogP contribution in [0.1, 0.15) is 13.7 Å². The first kappa shape index (κ1) is 4.13. The van der Waals surface area contributed by atoms with E-state index in [0.29, 0.717) is 0 Å². The first-order chi connectivity index (χ1) is 6.95. The number of carbonyl (C=O) groups is 1. The highest BCUT2D eigenvalue weighted by molar-refractivity contribution is 5.86. The average molecular weight is 173 g/mol.